The number of rotatable bonds is 5. The van der Waals surface area contributed by atoms with Crippen LogP contribution in [0.3, 0.4) is 0 Å². The zero-order chi connectivity index (χ0) is 15.4. The SMILES string of the molecule is CC(Nc1cccc(Cl)c1Br)c1cccc(OC(F)F)c1. The highest BCUT2D eigenvalue weighted by Crippen LogP contribution is 2.32. The Morgan fingerprint density at radius 1 is 1.19 bits per heavy atom. The van der Waals surface area contributed by atoms with Crippen molar-refractivity contribution >= 4 is 33.2 Å². The van der Waals surface area contributed by atoms with Gasteiger partial charge in [-0.15, -0.1) is 0 Å². The van der Waals surface area contributed by atoms with Gasteiger partial charge in [0.1, 0.15) is 5.75 Å². The van der Waals surface area contributed by atoms with Crippen LogP contribution in [0.2, 0.25) is 5.02 Å². The molecule has 0 radical (unpaired) electrons. The predicted molar refractivity (Wildman–Crippen MR) is 84.3 cm³/mol. The van der Waals surface area contributed by atoms with E-state index in [1.807, 2.05) is 25.1 Å². The molecular formula is C15H13BrClF2NO. The van der Waals surface area contributed by atoms with Gasteiger partial charge in [-0.05, 0) is 52.7 Å². The molecular weight excluding hydrogens is 364 g/mol. The van der Waals surface area contributed by atoms with Crippen molar-refractivity contribution in [2.75, 3.05) is 5.32 Å². The van der Waals surface area contributed by atoms with Crippen LogP contribution in [0.4, 0.5) is 14.5 Å². The van der Waals surface area contributed by atoms with Gasteiger partial charge in [0.05, 0.1) is 15.2 Å². The first-order chi connectivity index (χ1) is 9.97. The molecule has 0 amide bonds. The van der Waals surface area contributed by atoms with Gasteiger partial charge in [0, 0.05) is 6.04 Å². The Balaban J connectivity index is 2.16. The monoisotopic (exact) mass is 375 g/mol. The lowest BCUT2D eigenvalue weighted by molar-refractivity contribution is -0.0498. The maximum absolute atomic E-state index is 12.2. The lowest BCUT2D eigenvalue weighted by atomic mass is 10.1. The van der Waals surface area contributed by atoms with E-state index in [9.17, 15) is 8.78 Å². The normalized spacial score (nSPS) is 12.3. The van der Waals surface area contributed by atoms with E-state index in [1.165, 1.54) is 6.07 Å². The highest BCUT2D eigenvalue weighted by Gasteiger charge is 2.11. The molecule has 1 atom stereocenters. The van der Waals surface area contributed by atoms with Crippen molar-refractivity contribution in [2.24, 2.45) is 0 Å². The predicted octanol–water partition coefficient (Wildman–Crippen LogP) is 5.88. The molecule has 6 heteroatoms. The molecule has 0 aromatic heterocycles. The van der Waals surface area contributed by atoms with Gasteiger partial charge in [-0.25, -0.2) is 0 Å². The van der Waals surface area contributed by atoms with Crippen LogP contribution < -0.4 is 10.1 Å². The quantitative estimate of drug-likeness (QED) is 0.704. The van der Waals surface area contributed by atoms with E-state index in [0.29, 0.717) is 5.02 Å². The number of halogens is 4. The summed E-state index contributed by atoms with van der Waals surface area (Å²) < 4.78 is 29.6. The van der Waals surface area contributed by atoms with Crippen LogP contribution in [0.5, 0.6) is 5.75 Å². The third kappa shape index (κ3) is 4.32. The largest absolute Gasteiger partial charge is 0.435 e. The minimum absolute atomic E-state index is 0.0963. The Kier molecular flexibility index (Phi) is 5.42. The second-order valence-corrected chi connectivity index (χ2v) is 5.62. The smallest absolute Gasteiger partial charge is 0.387 e. The van der Waals surface area contributed by atoms with Crippen LogP contribution >= 0.6 is 27.5 Å². The molecule has 0 aliphatic rings. The van der Waals surface area contributed by atoms with E-state index < -0.39 is 6.61 Å². The van der Waals surface area contributed by atoms with Crippen molar-refractivity contribution in [1.82, 2.24) is 0 Å². The van der Waals surface area contributed by atoms with Gasteiger partial charge in [0.15, 0.2) is 0 Å². The standard InChI is InChI=1S/C15H13BrClF2NO/c1-9(20-13-7-3-6-12(17)14(13)16)10-4-2-5-11(8-10)21-15(18)19/h2-9,15,20H,1H3. The number of hydrogen-bond acceptors (Lipinski definition) is 2. The topological polar surface area (TPSA) is 21.3 Å². The number of ether oxygens (including phenoxy) is 1. The second kappa shape index (κ2) is 7.09. The number of hydrogen-bond donors (Lipinski definition) is 1. The van der Waals surface area contributed by atoms with Crippen LogP contribution in [0.15, 0.2) is 46.9 Å². The zero-order valence-electron chi connectivity index (χ0n) is 11.1. The molecule has 1 N–H and O–H groups in total. The highest BCUT2D eigenvalue weighted by molar-refractivity contribution is 9.10. The minimum atomic E-state index is -2.83. The Hall–Kier alpha value is -1.33. The first-order valence-corrected chi connectivity index (χ1v) is 7.40. The van der Waals surface area contributed by atoms with Crippen molar-refractivity contribution < 1.29 is 13.5 Å². The highest BCUT2D eigenvalue weighted by atomic mass is 79.9. The van der Waals surface area contributed by atoms with Gasteiger partial charge in [0.2, 0.25) is 0 Å². The average molecular weight is 377 g/mol. The minimum Gasteiger partial charge on any atom is -0.435 e. The summed E-state index contributed by atoms with van der Waals surface area (Å²) in [5, 5.41) is 3.87. The lowest BCUT2D eigenvalue weighted by Gasteiger charge is -2.18. The molecule has 0 heterocycles. The molecule has 0 fully saturated rings. The van der Waals surface area contributed by atoms with Crippen molar-refractivity contribution in [3.05, 3.63) is 57.5 Å². The fourth-order valence-corrected chi connectivity index (χ4v) is 2.45. The fraction of sp³-hybridized carbons (Fsp3) is 0.200. The Morgan fingerprint density at radius 2 is 1.90 bits per heavy atom. The van der Waals surface area contributed by atoms with E-state index in [2.05, 4.69) is 26.0 Å². The summed E-state index contributed by atoms with van der Waals surface area (Å²) in [6.45, 7) is -0.903. The van der Waals surface area contributed by atoms with Crippen LogP contribution in [-0.4, -0.2) is 6.61 Å². The average Bonchev–Trinajstić information content (AvgIpc) is 2.43. The van der Waals surface area contributed by atoms with E-state index in [0.717, 1.165) is 15.7 Å². The van der Waals surface area contributed by atoms with Crippen LogP contribution in [-0.2, 0) is 0 Å². The van der Waals surface area contributed by atoms with Crippen LogP contribution in [0, 0.1) is 0 Å². The van der Waals surface area contributed by atoms with Crippen molar-refractivity contribution in [3.63, 3.8) is 0 Å². The molecule has 2 rings (SSSR count). The maximum Gasteiger partial charge on any atom is 0.387 e. The number of alkyl halides is 2. The van der Waals surface area contributed by atoms with Gasteiger partial charge in [0.25, 0.3) is 0 Å². The molecule has 0 aliphatic heterocycles. The lowest BCUT2D eigenvalue weighted by Crippen LogP contribution is -2.08. The van der Waals surface area contributed by atoms with E-state index in [-0.39, 0.29) is 11.8 Å². The first-order valence-electron chi connectivity index (χ1n) is 6.22. The van der Waals surface area contributed by atoms with Gasteiger partial charge in [-0.2, -0.15) is 8.78 Å². The Labute approximate surface area is 135 Å². The summed E-state index contributed by atoms with van der Waals surface area (Å²) in [5.74, 6) is 0.140. The van der Waals surface area contributed by atoms with Crippen molar-refractivity contribution in [3.8, 4) is 5.75 Å². The summed E-state index contributed by atoms with van der Waals surface area (Å²) >= 11 is 9.45. The summed E-state index contributed by atoms with van der Waals surface area (Å²) in [4.78, 5) is 0. The molecule has 0 spiro atoms. The molecule has 21 heavy (non-hydrogen) atoms. The third-order valence-electron chi connectivity index (χ3n) is 2.91. The zero-order valence-corrected chi connectivity index (χ0v) is 13.5. The molecule has 0 saturated carbocycles. The van der Waals surface area contributed by atoms with E-state index in [4.69, 9.17) is 11.6 Å². The van der Waals surface area contributed by atoms with Gasteiger partial charge >= 0.3 is 6.61 Å². The molecule has 0 bridgehead atoms. The number of anilines is 1. The summed E-state index contributed by atoms with van der Waals surface area (Å²) in [6, 6.07) is 12.0. The molecule has 2 aromatic carbocycles. The molecule has 2 nitrogen and oxygen atoms in total. The number of nitrogens with one attached hydrogen (secondary N) is 1. The number of benzene rings is 2. The van der Waals surface area contributed by atoms with E-state index in [1.54, 1.807) is 18.2 Å². The van der Waals surface area contributed by atoms with Crippen LogP contribution in [0.25, 0.3) is 0 Å². The van der Waals surface area contributed by atoms with Gasteiger partial charge < -0.3 is 10.1 Å². The van der Waals surface area contributed by atoms with Gasteiger partial charge in [-0.3, -0.25) is 0 Å². The summed E-state index contributed by atoms with van der Waals surface area (Å²) in [5.41, 5.74) is 1.66. The maximum atomic E-state index is 12.2. The summed E-state index contributed by atoms with van der Waals surface area (Å²) in [6.07, 6.45) is 0. The van der Waals surface area contributed by atoms with Crippen molar-refractivity contribution in [1.29, 1.82) is 0 Å². The molecule has 0 aliphatic carbocycles. The Bertz CT molecular complexity index is 624. The molecule has 0 saturated heterocycles. The van der Waals surface area contributed by atoms with Gasteiger partial charge in [-0.1, -0.05) is 29.8 Å². The molecule has 1 unspecified atom stereocenters. The third-order valence-corrected chi connectivity index (χ3v) is 4.30. The first kappa shape index (κ1) is 16.0. The Morgan fingerprint density at radius 3 is 2.62 bits per heavy atom. The second-order valence-electron chi connectivity index (χ2n) is 4.42. The van der Waals surface area contributed by atoms with Crippen molar-refractivity contribution in [2.45, 2.75) is 19.6 Å². The summed E-state index contributed by atoms with van der Waals surface area (Å²) in [7, 11) is 0. The fourth-order valence-electron chi connectivity index (χ4n) is 1.89. The molecule has 112 valence electrons. The van der Waals surface area contributed by atoms with E-state index >= 15 is 0 Å². The van der Waals surface area contributed by atoms with Crippen LogP contribution in [0.1, 0.15) is 18.5 Å². The molecule has 2 aromatic rings.